The van der Waals surface area contributed by atoms with E-state index in [0.29, 0.717) is 43.1 Å². The first kappa shape index (κ1) is 21.2. The van der Waals surface area contributed by atoms with E-state index in [1.54, 1.807) is 18.2 Å². The summed E-state index contributed by atoms with van der Waals surface area (Å²) in [6.07, 6.45) is -1.00. The van der Waals surface area contributed by atoms with Gasteiger partial charge < -0.3 is 10.0 Å². The second kappa shape index (κ2) is 7.93. The van der Waals surface area contributed by atoms with Crippen LogP contribution in [0.1, 0.15) is 0 Å². The summed E-state index contributed by atoms with van der Waals surface area (Å²) < 4.78 is 70.0. The largest absolute Gasteiger partial charge is 0.465 e. The number of fused-ring (bicyclic) bond motifs is 1. The predicted molar refractivity (Wildman–Crippen MR) is 107 cm³/mol. The number of nitrogens with zero attached hydrogens (tertiary/aromatic N) is 4. The molecule has 0 unspecified atom stereocenters. The van der Waals surface area contributed by atoms with Gasteiger partial charge in [-0.25, -0.2) is 26.6 Å². The number of anilines is 3. The van der Waals surface area contributed by atoms with Crippen molar-refractivity contribution in [1.82, 2.24) is 9.80 Å². The highest BCUT2D eigenvalue weighted by molar-refractivity contribution is 7.95. The van der Waals surface area contributed by atoms with Crippen LogP contribution < -0.4 is 8.61 Å². The van der Waals surface area contributed by atoms with Gasteiger partial charge in [0.1, 0.15) is 0 Å². The van der Waals surface area contributed by atoms with Crippen LogP contribution in [0.15, 0.2) is 36.4 Å². The van der Waals surface area contributed by atoms with Gasteiger partial charge in [-0.2, -0.15) is 8.42 Å². The Morgan fingerprint density at radius 3 is 2.16 bits per heavy atom. The third kappa shape index (κ3) is 3.65. The number of hydrogen-bond donors (Lipinski definition) is 1. The average molecular weight is 456 g/mol. The number of para-hydroxylation sites is 2. The van der Waals surface area contributed by atoms with E-state index in [-0.39, 0.29) is 17.9 Å². The molecular weight excluding hydrogens is 437 g/mol. The number of benzene rings is 2. The van der Waals surface area contributed by atoms with Crippen molar-refractivity contribution in [2.45, 2.75) is 0 Å². The minimum absolute atomic E-state index is 0.0220. The third-order valence-corrected chi connectivity index (χ3v) is 7.17. The Labute approximate surface area is 176 Å². The van der Waals surface area contributed by atoms with Crippen molar-refractivity contribution in [3.05, 3.63) is 53.8 Å². The summed E-state index contributed by atoms with van der Waals surface area (Å²) in [5, 5.41) is 9.03. The highest BCUT2D eigenvalue weighted by atomic mass is 32.2. The maximum absolute atomic E-state index is 14.5. The van der Waals surface area contributed by atoms with Crippen molar-refractivity contribution in [3.63, 3.8) is 0 Å². The number of carbonyl (C=O) groups is 1. The lowest BCUT2D eigenvalue weighted by molar-refractivity contribution is 0.107. The van der Waals surface area contributed by atoms with Gasteiger partial charge in [0, 0.05) is 39.3 Å². The molecule has 0 spiro atoms. The summed E-state index contributed by atoms with van der Waals surface area (Å²) in [7, 11) is -4.31. The number of rotatable bonds is 4. The van der Waals surface area contributed by atoms with Gasteiger partial charge in [0.25, 0.3) is 0 Å². The highest BCUT2D eigenvalue weighted by Gasteiger charge is 2.43. The standard InChI is InChI=1S/C19H19F3N4O4S/c20-13-5-6-16(18(22)17(13)21)26-15-4-2-1-3-14(15)25(31(26,29)30)12-9-23-7-10-24(11-8-23)19(27)28/h1-6H,7-12H2,(H,27,28). The first-order valence-electron chi connectivity index (χ1n) is 9.47. The molecule has 0 aromatic heterocycles. The molecule has 4 rings (SSSR count). The molecular formula is C19H19F3N4O4S. The van der Waals surface area contributed by atoms with Gasteiger partial charge in [0.15, 0.2) is 17.5 Å². The Morgan fingerprint density at radius 1 is 0.871 bits per heavy atom. The Balaban J connectivity index is 1.61. The third-order valence-electron chi connectivity index (χ3n) is 5.37. The Hall–Kier alpha value is -2.99. The van der Waals surface area contributed by atoms with E-state index in [0.717, 1.165) is 10.4 Å². The minimum atomic E-state index is -4.31. The molecule has 1 saturated heterocycles. The van der Waals surface area contributed by atoms with Crippen molar-refractivity contribution < 1.29 is 31.5 Å². The molecule has 2 aliphatic rings. The van der Waals surface area contributed by atoms with Crippen molar-refractivity contribution >= 4 is 33.4 Å². The molecule has 2 aliphatic heterocycles. The van der Waals surface area contributed by atoms with E-state index in [1.807, 2.05) is 4.90 Å². The Kier molecular flexibility index (Phi) is 5.43. The predicted octanol–water partition coefficient (Wildman–Crippen LogP) is 2.60. The number of carboxylic acid groups (broad SMARTS) is 1. The van der Waals surface area contributed by atoms with Gasteiger partial charge in [0.2, 0.25) is 0 Å². The van der Waals surface area contributed by atoms with Crippen LogP contribution in [0.3, 0.4) is 0 Å². The fourth-order valence-electron chi connectivity index (χ4n) is 3.75. The number of halogens is 3. The lowest BCUT2D eigenvalue weighted by Gasteiger charge is -2.34. The number of piperazine rings is 1. The highest BCUT2D eigenvalue weighted by Crippen LogP contribution is 2.46. The molecule has 0 aliphatic carbocycles. The molecule has 8 nitrogen and oxygen atoms in total. The first-order chi connectivity index (χ1) is 14.7. The van der Waals surface area contributed by atoms with Gasteiger partial charge >= 0.3 is 16.3 Å². The van der Waals surface area contributed by atoms with Crippen molar-refractivity contribution in [2.24, 2.45) is 0 Å². The molecule has 1 amide bonds. The molecule has 0 bridgehead atoms. The summed E-state index contributed by atoms with van der Waals surface area (Å²) in [5.41, 5.74) is -0.192. The van der Waals surface area contributed by atoms with E-state index in [2.05, 4.69) is 0 Å². The molecule has 0 atom stereocenters. The van der Waals surface area contributed by atoms with Crippen LogP contribution in [0.5, 0.6) is 0 Å². The van der Waals surface area contributed by atoms with Gasteiger partial charge in [-0.3, -0.25) is 4.90 Å². The van der Waals surface area contributed by atoms with Crippen molar-refractivity contribution in [2.75, 3.05) is 47.9 Å². The van der Waals surface area contributed by atoms with Crippen LogP contribution in [-0.4, -0.2) is 68.7 Å². The molecule has 2 heterocycles. The van der Waals surface area contributed by atoms with Crippen LogP contribution >= 0.6 is 0 Å². The quantitative estimate of drug-likeness (QED) is 0.715. The summed E-state index contributed by atoms with van der Waals surface area (Å²) in [5.74, 6) is -4.76. The molecule has 0 saturated carbocycles. The number of hydrogen-bond acceptors (Lipinski definition) is 4. The normalized spacial score (nSPS) is 18.4. The van der Waals surface area contributed by atoms with Crippen molar-refractivity contribution in [1.29, 1.82) is 0 Å². The minimum Gasteiger partial charge on any atom is -0.465 e. The molecule has 0 radical (unpaired) electrons. The summed E-state index contributed by atoms with van der Waals surface area (Å²) in [4.78, 5) is 14.2. The zero-order chi connectivity index (χ0) is 22.3. The van der Waals surface area contributed by atoms with Crippen LogP contribution in [-0.2, 0) is 10.2 Å². The monoisotopic (exact) mass is 456 g/mol. The molecule has 1 fully saturated rings. The summed E-state index contributed by atoms with van der Waals surface area (Å²) in [6, 6.07) is 7.76. The van der Waals surface area contributed by atoms with E-state index in [1.165, 1.54) is 11.0 Å². The zero-order valence-electron chi connectivity index (χ0n) is 16.2. The van der Waals surface area contributed by atoms with Gasteiger partial charge in [-0.15, -0.1) is 0 Å². The summed E-state index contributed by atoms with van der Waals surface area (Å²) in [6.45, 7) is 1.85. The zero-order valence-corrected chi connectivity index (χ0v) is 17.0. The fourth-order valence-corrected chi connectivity index (χ4v) is 5.46. The Bertz CT molecular complexity index is 1120. The second-order valence-corrected chi connectivity index (χ2v) is 8.84. The molecule has 2 aromatic rings. The SMILES string of the molecule is O=C(O)N1CCN(CCN2c3ccccc3N(c3ccc(F)c(F)c3F)S2(=O)=O)CC1. The van der Waals surface area contributed by atoms with E-state index < -0.39 is 39.4 Å². The van der Waals surface area contributed by atoms with E-state index in [4.69, 9.17) is 5.11 Å². The smallest absolute Gasteiger partial charge is 0.407 e. The van der Waals surface area contributed by atoms with Gasteiger partial charge in [0.05, 0.1) is 17.1 Å². The lowest BCUT2D eigenvalue weighted by atomic mass is 10.2. The van der Waals surface area contributed by atoms with Crippen LogP contribution in [0.25, 0.3) is 0 Å². The molecule has 2 aromatic carbocycles. The van der Waals surface area contributed by atoms with Crippen LogP contribution in [0.2, 0.25) is 0 Å². The lowest BCUT2D eigenvalue weighted by Crippen LogP contribution is -2.50. The fraction of sp³-hybridized carbons (Fsp3) is 0.316. The van der Waals surface area contributed by atoms with E-state index in [9.17, 15) is 26.4 Å². The van der Waals surface area contributed by atoms with E-state index >= 15 is 0 Å². The summed E-state index contributed by atoms with van der Waals surface area (Å²) >= 11 is 0. The first-order valence-corrected chi connectivity index (χ1v) is 10.9. The van der Waals surface area contributed by atoms with Crippen LogP contribution in [0, 0.1) is 17.5 Å². The maximum Gasteiger partial charge on any atom is 0.407 e. The van der Waals surface area contributed by atoms with Gasteiger partial charge in [-0.1, -0.05) is 12.1 Å². The average Bonchev–Trinajstić information content (AvgIpc) is 2.97. The Morgan fingerprint density at radius 2 is 1.52 bits per heavy atom. The van der Waals surface area contributed by atoms with Crippen molar-refractivity contribution in [3.8, 4) is 0 Å². The second-order valence-electron chi connectivity index (χ2n) is 7.14. The topological polar surface area (TPSA) is 84.4 Å². The van der Waals surface area contributed by atoms with Gasteiger partial charge in [-0.05, 0) is 24.3 Å². The molecule has 12 heteroatoms. The molecule has 166 valence electrons. The number of amides is 1. The van der Waals surface area contributed by atoms with Crippen LogP contribution in [0.4, 0.5) is 35.0 Å². The molecule has 1 N–H and O–H groups in total. The maximum atomic E-state index is 14.5. The molecule has 31 heavy (non-hydrogen) atoms.